The topological polar surface area (TPSA) is 72.5 Å². The maximum absolute atomic E-state index is 11.4. The Hall–Kier alpha value is -1.87. The minimum atomic E-state index is -2.62. The summed E-state index contributed by atoms with van der Waals surface area (Å²) in [7, 11) is -1.26. The van der Waals surface area contributed by atoms with E-state index in [-0.39, 0.29) is 0 Å². The van der Waals surface area contributed by atoms with E-state index in [0.29, 0.717) is 44.5 Å². The molecule has 0 atom stereocenters. The highest BCUT2D eigenvalue weighted by atomic mass is 28.4. The number of rotatable bonds is 20. The molecule has 1 rings (SSSR count). The molecule has 0 saturated heterocycles. The van der Waals surface area contributed by atoms with Crippen molar-refractivity contribution in [2.24, 2.45) is 0 Å². The van der Waals surface area contributed by atoms with E-state index in [1.807, 2.05) is 39.0 Å². The first-order chi connectivity index (χ1) is 16.5. The fraction of sp³-hybridized carbons (Fsp3) is 0.654. The lowest BCUT2D eigenvalue weighted by atomic mass is 10.2. The number of benzene rings is 1. The molecule has 0 heterocycles. The number of carbonyl (C=O) groups is 1. The van der Waals surface area contributed by atoms with Crippen LogP contribution in [0.3, 0.4) is 0 Å². The molecule has 0 aliphatic rings. The first-order valence-electron chi connectivity index (χ1n) is 12.6. The molecule has 0 amide bonds. The Labute approximate surface area is 207 Å². The van der Waals surface area contributed by atoms with Crippen molar-refractivity contribution < 1.29 is 32.3 Å². The minimum absolute atomic E-state index is 0.395. The van der Waals surface area contributed by atoms with Gasteiger partial charge in [0.2, 0.25) is 0 Å². The van der Waals surface area contributed by atoms with Gasteiger partial charge in [-0.25, -0.2) is 4.79 Å². The normalized spacial score (nSPS) is 11.7. The van der Waals surface area contributed by atoms with Gasteiger partial charge in [-0.15, -0.1) is 0 Å². The van der Waals surface area contributed by atoms with Crippen molar-refractivity contribution in [1.29, 1.82) is 0 Å². The van der Waals surface area contributed by atoms with Gasteiger partial charge in [0.05, 0.1) is 20.3 Å². The SMILES string of the molecule is CCCCCCOc1cc(C=CC(=O)OC)ccc1OCCCC[Si](OCC)(OCC)OCC. The van der Waals surface area contributed by atoms with E-state index >= 15 is 0 Å². The van der Waals surface area contributed by atoms with Gasteiger partial charge in [-0.3, -0.25) is 0 Å². The summed E-state index contributed by atoms with van der Waals surface area (Å²) in [6, 6.07) is 6.45. The summed E-state index contributed by atoms with van der Waals surface area (Å²) < 4.78 is 34.5. The Morgan fingerprint density at radius 3 is 2.03 bits per heavy atom. The van der Waals surface area contributed by atoms with Crippen LogP contribution in [0.5, 0.6) is 11.5 Å². The monoisotopic (exact) mass is 496 g/mol. The van der Waals surface area contributed by atoms with Crippen LogP contribution in [0.1, 0.15) is 71.8 Å². The van der Waals surface area contributed by atoms with Crippen molar-refractivity contribution in [3.05, 3.63) is 29.8 Å². The van der Waals surface area contributed by atoms with Crippen LogP contribution in [0, 0.1) is 0 Å². The summed E-state index contributed by atoms with van der Waals surface area (Å²) in [5.41, 5.74) is 0.849. The minimum Gasteiger partial charge on any atom is -0.490 e. The second kappa shape index (κ2) is 18.5. The molecule has 1 aromatic rings. The van der Waals surface area contributed by atoms with Crippen LogP contribution in [0.4, 0.5) is 0 Å². The van der Waals surface area contributed by atoms with Crippen LogP contribution in [0.2, 0.25) is 6.04 Å². The quantitative estimate of drug-likeness (QED) is 0.0943. The van der Waals surface area contributed by atoms with E-state index in [0.717, 1.165) is 37.3 Å². The molecule has 0 aliphatic heterocycles. The molecule has 7 nitrogen and oxygen atoms in total. The van der Waals surface area contributed by atoms with E-state index in [1.165, 1.54) is 26.0 Å². The zero-order valence-electron chi connectivity index (χ0n) is 21.7. The molecule has 34 heavy (non-hydrogen) atoms. The Balaban J connectivity index is 2.72. The van der Waals surface area contributed by atoms with E-state index in [2.05, 4.69) is 11.7 Å². The van der Waals surface area contributed by atoms with Gasteiger partial charge >= 0.3 is 14.8 Å². The lowest BCUT2D eigenvalue weighted by Gasteiger charge is -2.28. The molecule has 0 unspecified atom stereocenters. The van der Waals surface area contributed by atoms with Crippen LogP contribution in [-0.4, -0.2) is 54.9 Å². The van der Waals surface area contributed by atoms with Gasteiger partial charge in [0.1, 0.15) is 0 Å². The van der Waals surface area contributed by atoms with Crippen LogP contribution in [0.15, 0.2) is 24.3 Å². The Morgan fingerprint density at radius 2 is 1.44 bits per heavy atom. The highest BCUT2D eigenvalue weighted by Gasteiger charge is 2.39. The molecule has 8 heteroatoms. The Kier molecular flexibility index (Phi) is 16.4. The highest BCUT2D eigenvalue weighted by molar-refractivity contribution is 6.60. The molecule has 0 saturated carbocycles. The number of methoxy groups -OCH3 is 1. The van der Waals surface area contributed by atoms with Crippen LogP contribution < -0.4 is 9.47 Å². The summed E-state index contributed by atoms with van der Waals surface area (Å²) in [6.45, 7) is 11.0. The number of unbranched alkanes of at least 4 members (excludes halogenated alkanes) is 4. The number of esters is 1. The molecule has 194 valence electrons. The summed E-state index contributed by atoms with van der Waals surface area (Å²) in [5, 5.41) is 0. The number of carbonyl (C=O) groups excluding carboxylic acids is 1. The third-order valence-electron chi connectivity index (χ3n) is 5.06. The standard InChI is InChI=1S/C26H44O7Si/c1-6-10-11-12-19-30-25-22-23(16-18-26(27)28-5)15-17-24(25)29-20-13-14-21-34(31-7-2,32-8-3)33-9-4/h15-18,22H,6-14,19-21H2,1-5H3. The van der Waals surface area contributed by atoms with E-state index in [4.69, 9.17) is 22.8 Å². The summed E-state index contributed by atoms with van der Waals surface area (Å²) in [4.78, 5) is 11.4. The van der Waals surface area contributed by atoms with Crippen molar-refractivity contribution >= 4 is 20.8 Å². The van der Waals surface area contributed by atoms with Gasteiger partial charge in [-0.05, 0) is 63.8 Å². The van der Waals surface area contributed by atoms with Crippen molar-refractivity contribution in [3.63, 3.8) is 0 Å². The zero-order valence-corrected chi connectivity index (χ0v) is 22.7. The predicted octanol–water partition coefficient (Wildman–Crippen LogP) is 6.04. The predicted molar refractivity (Wildman–Crippen MR) is 137 cm³/mol. The molecule has 0 aromatic heterocycles. The second-order valence-corrected chi connectivity index (χ2v) is 10.5. The zero-order chi connectivity index (χ0) is 25.1. The third-order valence-corrected chi connectivity index (χ3v) is 8.22. The smallest absolute Gasteiger partial charge is 0.490 e. The van der Waals surface area contributed by atoms with Gasteiger partial charge in [0.15, 0.2) is 11.5 Å². The van der Waals surface area contributed by atoms with Crippen LogP contribution in [0.25, 0.3) is 6.08 Å². The number of ether oxygens (including phenoxy) is 3. The Morgan fingerprint density at radius 1 is 0.824 bits per heavy atom. The van der Waals surface area contributed by atoms with Gasteiger partial charge in [-0.2, -0.15) is 0 Å². The molecule has 0 fully saturated rings. The van der Waals surface area contributed by atoms with Gasteiger partial charge in [-0.1, -0.05) is 32.3 Å². The first-order valence-corrected chi connectivity index (χ1v) is 14.5. The number of hydrogen-bond acceptors (Lipinski definition) is 7. The molecule has 0 bridgehead atoms. The van der Waals surface area contributed by atoms with Gasteiger partial charge in [0, 0.05) is 31.9 Å². The van der Waals surface area contributed by atoms with Crippen LogP contribution >= 0.6 is 0 Å². The molecule has 0 spiro atoms. The molecular weight excluding hydrogens is 452 g/mol. The maximum atomic E-state index is 11.4. The van der Waals surface area contributed by atoms with Crippen molar-refractivity contribution in [2.45, 2.75) is 72.3 Å². The maximum Gasteiger partial charge on any atom is 0.500 e. The first kappa shape index (κ1) is 30.2. The van der Waals surface area contributed by atoms with Crippen molar-refractivity contribution in [3.8, 4) is 11.5 Å². The number of hydrogen-bond donors (Lipinski definition) is 0. The van der Waals surface area contributed by atoms with Gasteiger partial charge in [0.25, 0.3) is 0 Å². The van der Waals surface area contributed by atoms with E-state index < -0.39 is 14.8 Å². The van der Waals surface area contributed by atoms with E-state index in [1.54, 1.807) is 6.08 Å². The summed E-state index contributed by atoms with van der Waals surface area (Å²) in [5.74, 6) is 0.993. The van der Waals surface area contributed by atoms with E-state index in [9.17, 15) is 4.79 Å². The third kappa shape index (κ3) is 12.0. The Bertz CT molecular complexity index is 691. The molecule has 0 N–H and O–H groups in total. The van der Waals surface area contributed by atoms with Crippen molar-refractivity contribution in [2.75, 3.05) is 40.1 Å². The second-order valence-electron chi connectivity index (χ2n) is 7.76. The molecule has 1 aromatic carbocycles. The molecular formula is C26H44O7Si. The van der Waals surface area contributed by atoms with Crippen LogP contribution in [-0.2, 0) is 22.8 Å². The molecule has 0 radical (unpaired) electrons. The summed E-state index contributed by atoms with van der Waals surface area (Å²) >= 11 is 0. The summed E-state index contributed by atoms with van der Waals surface area (Å²) in [6.07, 6.45) is 9.35. The fourth-order valence-electron chi connectivity index (χ4n) is 3.43. The lowest BCUT2D eigenvalue weighted by molar-refractivity contribution is -0.134. The molecule has 0 aliphatic carbocycles. The average Bonchev–Trinajstić information content (AvgIpc) is 2.83. The van der Waals surface area contributed by atoms with Crippen molar-refractivity contribution in [1.82, 2.24) is 0 Å². The lowest BCUT2D eigenvalue weighted by Crippen LogP contribution is -2.45. The largest absolute Gasteiger partial charge is 0.500 e. The highest BCUT2D eigenvalue weighted by Crippen LogP contribution is 2.30. The fourth-order valence-corrected chi connectivity index (χ4v) is 6.12. The van der Waals surface area contributed by atoms with Gasteiger partial charge < -0.3 is 27.5 Å². The average molecular weight is 497 g/mol.